The maximum Gasteiger partial charge on any atom is 0.247 e. The standard InChI is InChI=1S/C15H18N4OS/c1-4-9-15(2)17-11-8-6-5-7-10(11)12-13(20-15)16-14(21-3)19-18-12/h5-8,17H,4,9H2,1-3H3. The Kier molecular flexibility index (Phi) is 3.71. The lowest BCUT2D eigenvalue weighted by atomic mass is 10.1. The molecule has 6 heteroatoms. The van der Waals surface area contributed by atoms with Crippen molar-refractivity contribution < 1.29 is 4.74 Å². The van der Waals surface area contributed by atoms with E-state index in [1.54, 1.807) is 0 Å². The molecule has 1 aliphatic heterocycles. The van der Waals surface area contributed by atoms with Gasteiger partial charge in [-0.15, -0.1) is 10.2 Å². The van der Waals surface area contributed by atoms with Gasteiger partial charge in [0.1, 0.15) is 0 Å². The highest BCUT2D eigenvalue weighted by atomic mass is 32.2. The number of thioether (sulfide) groups is 1. The molecule has 0 bridgehead atoms. The van der Waals surface area contributed by atoms with E-state index in [2.05, 4.69) is 27.4 Å². The maximum atomic E-state index is 6.17. The molecule has 0 spiro atoms. The lowest BCUT2D eigenvalue weighted by molar-refractivity contribution is 0.102. The van der Waals surface area contributed by atoms with Crippen molar-refractivity contribution in [1.29, 1.82) is 0 Å². The highest BCUT2D eigenvalue weighted by Gasteiger charge is 2.32. The average molecular weight is 302 g/mol. The molecule has 0 saturated carbocycles. The van der Waals surface area contributed by atoms with Gasteiger partial charge in [-0.3, -0.25) is 0 Å². The molecule has 2 heterocycles. The Labute approximate surface area is 128 Å². The minimum absolute atomic E-state index is 0.498. The Hall–Kier alpha value is -1.82. The van der Waals surface area contributed by atoms with Gasteiger partial charge in [0.25, 0.3) is 0 Å². The lowest BCUT2D eigenvalue weighted by Crippen LogP contribution is -2.40. The van der Waals surface area contributed by atoms with Crippen LogP contribution in [0.1, 0.15) is 26.7 Å². The van der Waals surface area contributed by atoms with E-state index in [1.165, 1.54) is 11.8 Å². The van der Waals surface area contributed by atoms with Gasteiger partial charge >= 0.3 is 0 Å². The molecule has 2 aromatic rings. The summed E-state index contributed by atoms with van der Waals surface area (Å²) in [5.74, 6) is 0.544. The highest BCUT2D eigenvalue weighted by Crippen LogP contribution is 2.39. The first-order valence-electron chi connectivity index (χ1n) is 7.00. The van der Waals surface area contributed by atoms with E-state index in [-0.39, 0.29) is 0 Å². The van der Waals surface area contributed by atoms with E-state index in [0.717, 1.165) is 24.1 Å². The first kappa shape index (κ1) is 14.1. The summed E-state index contributed by atoms with van der Waals surface area (Å²) in [5, 5.41) is 12.6. The molecule has 0 aliphatic carbocycles. The normalized spacial score (nSPS) is 19.8. The van der Waals surface area contributed by atoms with Crippen LogP contribution in [0.4, 0.5) is 5.69 Å². The molecule has 1 aromatic carbocycles. The van der Waals surface area contributed by atoms with Gasteiger partial charge in [0.05, 0.1) is 0 Å². The smallest absolute Gasteiger partial charge is 0.247 e. The van der Waals surface area contributed by atoms with Gasteiger partial charge in [0.15, 0.2) is 11.4 Å². The fraction of sp³-hybridized carbons (Fsp3) is 0.400. The number of nitrogens with zero attached hydrogens (tertiary/aromatic N) is 3. The highest BCUT2D eigenvalue weighted by molar-refractivity contribution is 7.98. The van der Waals surface area contributed by atoms with Gasteiger partial charge in [-0.25, -0.2) is 0 Å². The topological polar surface area (TPSA) is 59.9 Å². The number of ether oxygens (including phenoxy) is 1. The molecule has 0 radical (unpaired) electrons. The Morgan fingerprint density at radius 2 is 2.10 bits per heavy atom. The molecule has 1 N–H and O–H groups in total. The first-order chi connectivity index (χ1) is 10.1. The molecular formula is C15H18N4OS. The predicted molar refractivity (Wildman–Crippen MR) is 84.6 cm³/mol. The van der Waals surface area contributed by atoms with Crippen LogP contribution in [0.3, 0.4) is 0 Å². The van der Waals surface area contributed by atoms with E-state index in [0.29, 0.717) is 16.7 Å². The number of para-hydroxylation sites is 1. The largest absolute Gasteiger partial charge is 0.450 e. The number of aromatic nitrogens is 3. The SMILES string of the molecule is CCCC1(C)Nc2ccccc2-c2nnc(SC)nc2O1. The van der Waals surface area contributed by atoms with Gasteiger partial charge < -0.3 is 10.1 Å². The quantitative estimate of drug-likeness (QED) is 0.874. The van der Waals surface area contributed by atoms with E-state index >= 15 is 0 Å². The molecule has 1 aliphatic rings. The maximum absolute atomic E-state index is 6.17. The number of hydrogen-bond donors (Lipinski definition) is 1. The summed E-state index contributed by atoms with van der Waals surface area (Å²) in [6.45, 7) is 4.18. The molecule has 0 fully saturated rings. The van der Waals surface area contributed by atoms with Crippen molar-refractivity contribution in [3.8, 4) is 17.1 Å². The number of fused-ring (bicyclic) bond motifs is 3. The van der Waals surface area contributed by atoms with E-state index in [9.17, 15) is 0 Å². The van der Waals surface area contributed by atoms with Gasteiger partial charge in [0.2, 0.25) is 11.0 Å². The van der Waals surface area contributed by atoms with Crippen LogP contribution in [-0.4, -0.2) is 27.2 Å². The zero-order chi connectivity index (χ0) is 14.9. The van der Waals surface area contributed by atoms with E-state index < -0.39 is 5.72 Å². The zero-order valence-electron chi connectivity index (χ0n) is 12.4. The fourth-order valence-electron chi connectivity index (χ4n) is 2.54. The third-order valence-electron chi connectivity index (χ3n) is 3.45. The summed E-state index contributed by atoms with van der Waals surface area (Å²) in [7, 11) is 0. The van der Waals surface area contributed by atoms with Crippen LogP contribution in [0.15, 0.2) is 29.4 Å². The molecule has 0 amide bonds. The predicted octanol–water partition coefficient (Wildman–Crippen LogP) is 3.58. The summed E-state index contributed by atoms with van der Waals surface area (Å²) >= 11 is 1.46. The van der Waals surface area contributed by atoms with Crippen molar-refractivity contribution in [3.63, 3.8) is 0 Å². The summed E-state index contributed by atoms with van der Waals surface area (Å²) in [6.07, 6.45) is 3.81. The van der Waals surface area contributed by atoms with Crippen LogP contribution in [0.5, 0.6) is 5.88 Å². The number of benzene rings is 1. The third-order valence-corrected chi connectivity index (χ3v) is 3.99. The molecule has 110 valence electrons. The average Bonchev–Trinajstić information content (AvgIpc) is 2.59. The summed E-state index contributed by atoms with van der Waals surface area (Å²) < 4.78 is 6.17. The molecule has 1 atom stereocenters. The molecule has 5 nitrogen and oxygen atoms in total. The monoisotopic (exact) mass is 302 g/mol. The van der Waals surface area contributed by atoms with Gasteiger partial charge in [0, 0.05) is 17.7 Å². The van der Waals surface area contributed by atoms with Crippen LogP contribution >= 0.6 is 11.8 Å². The second kappa shape index (κ2) is 5.52. The van der Waals surface area contributed by atoms with Crippen LogP contribution < -0.4 is 10.1 Å². The molecule has 3 rings (SSSR count). The lowest BCUT2D eigenvalue weighted by Gasteiger charge is -2.30. The second-order valence-electron chi connectivity index (χ2n) is 5.21. The Morgan fingerprint density at radius 3 is 2.86 bits per heavy atom. The van der Waals surface area contributed by atoms with Gasteiger partial charge in [-0.2, -0.15) is 4.98 Å². The van der Waals surface area contributed by atoms with Crippen molar-refractivity contribution in [2.24, 2.45) is 0 Å². The zero-order valence-corrected chi connectivity index (χ0v) is 13.2. The van der Waals surface area contributed by atoms with Crippen molar-refractivity contribution in [2.45, 2.75) is 37.6 Å². The second-order valence-corrected chi connectivity index (χ2v) is 5.98. The number of hydrogen-bond acceptors (Lipinski definition) is 6. The minimum Gasteiger partial charge on any atom is -0.450 e. The van der Waals surface area contributed by atoms with Gasteiger partial charge in [-0.1, -0.05) is 43.3 Å². The van der Waals surface area contributed by atoms with Crippen LogP contribution in [0, 0.1) is 0 Å². The number of anilines is 1. The summed E-state index contributed by atoms with van der Waals surface area (Å²) in [5.41, 5.74) is 2.16. The molecular weight excluding hydrogens is 284 g/mol. The van der Waals surface area contributed by atoms with Crippen molar-refractivity contribution in [1.82, 2.24) is 15.2 Å². The molecule has 0 saturated heterocycles. The van der Waals surface area contributed by atoms with Gasteiger partial charge in [-0.05, 0) is 19.2 Å². The number of nitrogens with one attached hydrogen (secondary N) is 1. The first-order valence-corrected chi connectivity index (χ1v) is 8.23. The Balaban J connectivity index is 2.17. The fourth-order valence-corrected chi connectivity index (χ4v) is 2.83. The molecule has 21 heavy (non-hydrogen) atoms. The Morgan fingerprint density at radius 1 is 1.29 bits per heavy atom. The summed E-state index contributed by atoms with van der Waals surface area (Å²) in [4.78, 5) is 4.50. The molecule has 1 aromatic heterocycles. The minimum atomic E-state index is -0.498. The molecule has 1 unspecified atom stereocenters. The van der Waals surface area contributed by atoms with E-state index in [1.807, 2.05) is 37.4 Å². The van der Waals surface area contributed by atoms with E-state index in [4.69, 9.17) is 4.74 Å². The van der Waals surface area contributed by atoms with Crippen LogP contribution in [0.2, 0.25) is 0 Å². The van der Waals surface area contributed by atoms with Crippen molar-refractivity contribution >= 4 is 17.4 Å². The van der Waals surface area contributed by atoms with Crippen molar-refractivity contribution in [3.05, 3.63) is 24.3 Å². The summed E-state index contributed by atoms with van der Waals surface area (Å²) in [6, 6.07) is 8.03. The van der Waals surface area contributed by atoms with Crippen molar-refractivity contribution in [2.75, 3.05) is 11.6 Å². The number of rotatable bonds is 3. The van der Waals surface area contributed by atoms with Crippen LogP contribution in [-0.2, 0) is 0 Å². The Bertz CT molecular complexity index is 664. The van der Waals surface area contributed by atoms with Crippen LogP contribution in [0.25, 0.3) is 11.3 Å². The third kappa shape index (κ3) is 2.68.